The van der Waals surface area contributed by atoms with Crippen LogP contribution in [0.3, 0.4) is 0 Å². The third-order valence-corrected chi connectivity index (χ3v) is 7.30. The van der Waals surface area contributed by atoms with Gasteiger partial charge in [0.15, 0.2) is 5.78 Å². The second kappa shape index (κ2) is 7.60. The third kappa shape index (κ3) is 3.79. The highest BCUT2D eigenvalue weighted by molar-refractivity contribution is 7.86. The number of esters is 1. The molecule has 0 saturated heterocycles. The molecule has 1 aliphatic rings. The highest BCUT2D eigenvalue weighted by Gasteiger charge is 2.38. The SMILES string of the molecule is COC(=O)c1ccccc1NC(=O)c1sc(S(C)=O)c2c1CC(C)(C)CC2=O. The molecule has 148 valence electrons. The number of hydrogen-bond donors (Lipinski definition) is 1. The molecule has 0 bridgehead atoms. The van der Waals surface area contributed by atoms with Gasteiger partial charge in [0.1, 0.15) is 4.21 Å². The number of nitrogens with one attached hydrogen (secondary N) is 1. The van der Waals surface area contributed by atoms with Gasteiger partial charge in [-0.15, -0.1) is 11.3 Å². The van der Waals surface area contributed by atoms with Crippen LogP contribution in [0.5, 0.6) is 0 Å². The van der Waals surface area contributed by atoms with Gasteiger partial charge in [-0.05, 0) is 29.5 Å². The van der Waals surface area contributed by atoms with E-state index in [1.165, 1.54) is 13.4 Å². The molecule has 1 aromatic carbocycles. The van der Waals surface area contributed by atoms with Gasteiger partial charge in [0.2, 0.25) is 0 Å². The van der Waals surface area contributed by atoms with E-state index < -0.39 is 22.7 Å². The first-order chi connectivity index (χ1) is 13.1. The average molecular weight is 420 g/mol. The maximum atomic E-state index is 13.0. The van der Waals surface area contributed by atoms with E-state index in [-0.39, 0.29) is 16.8 Å². The molecule has 1 atom stereocenters. The fourth-order valence-electron chi connectivity index (χ4n) is 3.40. The van der Waals surface area contributed by atoms with E-state index in [4.69, 9.17) is 4.74 Å². The fraction of sp³-hybridized carbons (Fsp3) is 0.350. The number of anilines is 1. The first-order valence-corrected chi connectivity index (χ1v) is 11.0. The van der Waals surface area contributed by atoms with Gasteiger partial charge in [0, 0.05) is 18.2 Å². The Hall–Kier alpha value is -2.32. The summed E-state index contributed by atoms with van der Waals surface area (Å²) >= 11 is 1.09. The Bertz CT molecular complexity index is 1010. The largest absolute Gasteiger partial charge is 0.465 e. The van der Waals surface area contributed by atoms with Gasteiger partial charge in [0.05, 0.1) is 34.0 Å². The average Bonchev–Trinajstić information content (AvgIpc) is 3.00. The minimum Gasteiger partial charge on any atom is -0.465 e. The Kier molecular flexibility index (Phi) is 5.54. The highest BCUT2D eigenvalue weighted by Crippen LogP contribution is 2.42. The number of fused-ring (bicyclic) bond motifs is 1. The van der Waals surface area contributed by atoms with E-state index in [0.717, 1.165) is 11.3 Å². The Labute approximate surface area is 169 Å². The summed E-state index contributed by atoms with van der Waals surface area (Å²) in [6, 6.07) is 6.54. The van der Waals surface area contributed by atoms with Crippen LogP contribution in [-0.4, -0.2) is 35.2 Å². The Morgan fingerprint density at radius 1 is 1.21 bits per heavy atom. The second-order valence-corrected chi connectivity index (χ2v) is 10.1. The summed E-state index contributed by atoms with van der Waals surface area (Å²) in [4.78, 5) is 38.0. The standard InChI is InChI=1S/C20H21NO5S2/c1-20(2)9-12-15(14(22)10-20)19(28(4)25)27-16(12)17(23)21-13-8-6-5-7-11(13)18(24)26-3/h5-8H,9-10H2,1-4H3,(H,21,23). The zero-order valence-corrected chi connectivity index (χ0v) is 17.7. The van der Waals surface area contributed by atoms with Gasteiger partial charge in [-0.1, -0.05) is 26.0 Å². The number of ketones is 1. The molecular weight excluding hydrogens is 398 g/mol. The molecule has 0 fully saturated rings. The smallest absolute Gasteiger partial charge is 0.339 e. The minimum atomic E-state index is -1.38. The number of ether oxygens (including phenoxy) is 1. The van der Waals surface area contributed by atoms with Crippen molar-refractivity contribution in [1.29, 1.82) is 0 Å². The zero-order chi connectivity index (χ0) is 20.6. The van der Waals surface area contributed by atoms with Crippen LogP contribution in [0.4, 0.5) is 5.69 Å². The normalized spacial score (nSPS) is 16.2. The van der Waals surface area contributed by atoms with Crippen molar-refractivity contribution in [1.82, 2.24) is 0 Å². The molecule has 1 heterocycles. The van der Waals surface area contributed by atoms with Crippen LogP contribution in [0.15, 0.2) is 28.5 Å². The Morgan fingerprint density at radius 2 is 1.89 bits per heavy atom. The van der Waals surface area contributed by atoms with E-state index in [9.17, 15) is 18.6 Å². The molecule has 1 N–H and O–H groups in total. The number of benzene rings is 1. The molecule has 28 heavy (non-hydrogen) atoms. The third-order valence-electron chi connectivity index (χ3n) is 4.60. The summed E-state index contributed by atoms with van der Waals surface area (Å²) in [6.45, 7) is 3.95. The lowest BCUT2D eigenvalue weighted by Crippen LogP contribution is -2.28. The molecule has 6 nitrogen and oxygen atoms in total. The molecule has 0 saturated carbocycles. The molecule has 3 rings (SSSR count). The molecule has 2 aromatic rings. The van der Waals surface area contributed by atoms with Crippen molar-refractivity contribution < 1.29 is 23.3 Å². The quantitative estimate of drug-likeness (QED) is 0.764. The predicted octanol–water partition coefficient (Wildman–Crippen LogP) is 3.68. The van der Waals surface area contributed by atoms with Gasteiger partial charge in [-0.3, -0.25) is 13.8 Å². The van der Waals surface area contributed by atoms with Crippen molar-refractivity contribution in [2.45, 2.75) is 30.9 Å². The van der Waals surface area contributed by atoms with Crippen molar-refractivity contribution in [2.24, 2.45) is 5.41 Å². The number of carbonyl (C=O) groups is 3. The summed E-state index contributed by atoms with van der Waals surface area (Å²) in [5, 5.41) is 2.75. The Morgan fingerprint density at radius 3 is 2.54 bits per heavy atom. The van der Waals surface area contributed by atoms with Crippen molar-refractivity contribution in [3.05, 3.63) is 45.8 Å². The van der Waals surface area contributed by atoms with Gasteiger partial charge in [0.25, 0.3) is 5.91 Å². The number of thiophene rings is 1. The lowest BCUT2D eigenvalue weighted by Gasteiger charge is -2.29. The summed E-state index contributed by atoms with van der Waals surface area (Å²) in [5.41, 5.74) is 1.35. The fourth-order valence-corrected chi connectivity index (χ4v) is 5.61. The van der Waals surface area contributed by atoms with Crippen LogP contribution >= 0.6 is 11.3 Å². The topological polar surface area (TPSA) is 89.5 Å². The maximum Gasteiger partial charge on any atom is 0.339 e. The number of methoxy groups -OCH3 is 1. The Balaban J connectivity index is 2.05. The van der Waals surface area contributed by atoms with E-state index in [2.05, 4.69) is 5.32 Å². The molecule has 1 aliphatic carbocycles. The minimum absolute atomic E-state index is 0.0817. The van der Waals surface area contributed by atoms with Crippen molar-refractivity contribution in [3.63, 3.8) is 0 Å². The number of hydrogen-bond acceptors (Lipinski definition) is 6. The molecule has 0 spiro atoms. The summed E-state index contributed by atoms with van der Waals surface area (Å²) in [7, 11) is -0.105. The monoisotopic (exact) mass is 419 g/mol. The molecule has 0 radical (unpaired) electrons. The van der Waals surface area contributed by atoms with E-state index in [1.54, 1.807) is 24.3 Å². The highest BCUT2D eigenvalue weighted by atomic mass is 32.2. The molecule has 1 aromatic heterocycles. The van der Waals surface area contributed by atoms with E-state index in [0.29, 0.717) is 38.7 Å². The van der Waals surface area contributed by atoms with Crippen LogP contribution < -0.4 is 5.32 Å². The van der Waals surface area contributed by atoms with Crippen LogP contribution in [0.1, 0.15) is 56.2 Å². The van der Waals surface area contributed by atoms with Crippen molar-refractivity contribution in [3.8, 4) is 0 Å². The van der Waals surface area contributed by atoms with Crippen molar-refractivity contribution in [2.75, 3.05) is 18.7 Å². The zero-order valence-electron chi connectivity index (χ0n) is 16.1. The summed E-state index contributed by atoms with van der Waals surface area (Å²) in [6.07, 6.45) is 2.41. The predicted molar refractivity (Wildman–Crippen MR) is 109 cm³/mol. The molecule has 1 unspecified atom stereocenters. The van der Waals surface area contributed by atoms with Gasteiger partial charge in [-0.25, -0.2) is 4.79 Å². The van der Waals surface area contributed by atoms with Crippen LogP contribution in [0, 0.1) is 5.41 Å². The summed E-state index contributed by atoms with van der Waals surface area (Å²) < 4.78 is 17.4. The van der Waals surface area contributed by atoms with Crippen LogP contribution in [-0.2, 0) is 22.0 Å². The summed E-state index contributed by atoms with van der Waals surface area (Å²) in [5.74, 6) is -1.07. The number of rotatable bonds is 4. The first kappa shape index (κ1) is 20.4. The van der Waals surface area contributed by atoms with Gasteiger partial charge in [-0.2, -0.15) is 0 Å². The van der Waals surface area contributed by atoms with Crippen LogP contribution in [0.2, 0.25) is 0 Å². The first-order valence-electron chi connectivity index (χ1n) is 8.65. The molecular formula is C20H21NO5S2. The number of amides is 1. The molecule has 1 amide bonds. The van der Waals surface area contributed by atoms with E-state index >= 15 is 0 Å². The second-order valence-electron chi connectivity index (χ2n) is 7.46. The lowest BCUT2D eigenvalue weighted by atomic mass is 9.74. The van der Waals surface area contributed by atoms with Crippen LogP contribution in [0.25, 0.3) is 0 Å². The maximum absolute atomic E-state index is 13.0. The molecule has 0 aliphatic heterocycles. The van der Waals surface area contributed by atoms with E-state index in [1.807, 2.05) is 13.8 Å². The number of Topliss-reactive ketones (excluding diaryl/α,β-unsaturated/α-hetero) is 1. The number of carbonyl (C=O) groups excluding carboxylic acids is 3. The molecule has 8 heteroatoms. The lowest BCUT2D eigenvalue weighted by molar-refractivity contribution is 0.0601. The van der Waals surface area contributed by atoms with Gasteiger partial charge < -0.3 is 10.1 Å². The van der Waals surface area contributed by atoms with Gasteiger partial charge >= 0.3 is 5.97 Å². The van der Waals surface area contributed by atoms with Crippen molar-refractivity contribution >= 4 is 45.5 Å². The number of para-hydroxylation sites is 1.